The summed E-state index contributed by atoms with van der Waals surface area (Å²) in [7, 11) is 0. The number of carbonyl (C=O) groups excluding carboxylic acids is 2. The molecule has 4 aromatic rings. The van der Waals surface area contributed by atoms with Gasteiger partial charge in [0.25, 0.3) is 5.91 Å². The molecule has 1 heterocycles. The van der Waals surface area contributed by atoms with Crippen molar-refractivity contribution in [3.05, 3.63) is 102 Å². The lowest BCUT2D eigenvalue weighted by Crippen LogP contribution is -2.14. The van der Waals surface area contributed by atoms with Gasteiger partial charge in [0.15, 0.2) is 5.69 Å². The summed E-state index contributed by atoms with van der Waals surface area (Å²) < 4.78 is 47.3. The normalized spacial score (nSPS) is 10.7. The van der Waals surface area contributed by atoms with Crippen LogP contribution in [0.15, 0.2) is 72.8 Å². The van der Waals surface area contributed by atoms with Gasteiger partial charge in [-0.05, 0) is 67.6 Å². The molecule has 1 N–H and O–H groups in total. The summed E-state index contributed by atoms with van der Waals surface area (Å²) in [6.45, 7) is 1.83. The molecule has 0 bridgehead atoms. The summed E-state index contributed by atoms with van der Waals surface area (Å²) in [5, 5.41) is 6.84. The molecule has 1 amide bonds. The monoisotopic (exact) mass is 465 g/mol. The second kappa shape index (κ2) is 9.62. The molecule has 0 saturated heterocycles. The second-order valence-electron chi connectivity index (χ2n) is 7.18. The Kier molecular flexibility index (Phi) is 6.44. The topological polar surface area (TPSA) is 73.2 Å². The van der Waals surface area contributed by atoms with Gasteiger partial charge in [-0.1, -0.05) is 12.1 Å². The maximum atomic E-state index is 14.0. The fourth-order valence-corrected chi connectivity index (χ4v) is 3.30. The molecule has 6 nitrogen and oxygen atoms in total. The number of nitrogens with one attached hydrogen (secondary N) is 1. The molecule has 0 aliphatic heterocycles. The predicted octanol–water partition coefficient (Wildman–Crippen LogP) is 5.39. The number of amides is 1. The summed E-state index contributed by atoms with van der Waals surface area (Å²) in [5.41, 5.74) is 1.40. The molecule has 0 unspecified atom stereocenters. The second-order valence-corrected chi connectivity index (χ2v) is 7.18. The summed E-state index contributed by atoms with van der Waals surface area (Å²) in [6, 6.07) is 16.1. The molecule has 0 fully saturated rings. The average molecular weight is 465 g/mol. The molecule has 0 spiro atoms. The Hall–Kier alpha value is -4.40. The van der Waals surface area contributed by atoms with Gasteiger partial charge in [0, 0.05) is 11.3 Å². The fourth-order valence-electron chi connectivity index (χ4n) is 3.30. The third kappa shape index (κ3) is 4.83. The molecule has 0 aliphatic carbocycles. The van der Waals surface area contributed by atoms with Gasteiger partial charge in [0.1, 0.15) is 17.5 Å². The van der Waals surface area contributed by atoms with Crippen LogP contribution in [0.5, 0.6) is 0 Å². The first-order valence-corrected chi connectivity index (χ1v) is 10.3. The van der Waals surface area contributed by atoms with E-state index in [1.54, 1.807) is 31.2 Å². The molecular weight excluding hydrogens is 447 g/mol. The Morgan fingerprint density at radius 2 is 1.68 bits per heavy atom. The number of ether oxygens (including phenoxy) is 1. The minimum Gasteiger partial charge on any atom is -0.461 e. The number of carbonyl (C=O) groups is 2. The smallest absolute Gasteiger partial charge is 0.358 e. The van der Waals surface area contributed by atoms with Gasteiger partial charge >= 0.3 is 5.97 Å². The van der Waals surface area contributed by atoms with Gasteiger partial charge in [-0.3, -0.25) is 4.79 Å². The van der Waals surface area contributed by atoms with Gasteiger partial charge in [-0.2, -0.15) is 5.10 Å². The highest BCUT2D eigenvalue weighted by Crippen LogP contribution is 2.27. The first-order chi connectivity index (χ1) is 16.4. The van der Waals surface area contributed by atoms with Gasteiger partial charge in [-0.15, -0.1) is 0 Å². The maximum absolute atomic E-state index is 14.0. The Labute approximate surface area is 192 Å². The van der Waals surface area contributed by atoms with Crippen molar-refractivity contribution in [2.75, 3.05) is 11.9 Å². The van der Waals surface area contributed by atoms with Crippen LogP contribution in [-0.4, -0.2) is 28.3 Å². The van der Waals surface area contributed by atoms with Gasteiger partial charge in [0.05, 0.1) is 23.6 Å². The van der Waals surface area contributed by atoms with Crippen LogP contribution < -0.4 is 5.32 Å². The minimum absolute atomic E-state index is 0.0393. The molecule has 1 aromatic heterocycles. The molecule has 0 radical (unpaired) electrons. The van der Waals surface area contributed by atoms with Crippen LogP contribution in [0.4, 0.5) is 18.9 Å². The first-order valence-electron chi connectivity index (χ1n) is 10.3. The van der Waals surface area contributed by atoms with Crippen molar-refractivity contribution in [1.29, 1.82) is 0 Å². The fraction of sp³-hybridized carbons (Fsp3) is 0.0800. The van der Waals surface area contributed by atoms with Gasteiger partial charge in [0.2, 0.25) is 0 Å². The average Bonchev–Trinajstić information content (AvgIpc) is 3.27. The molecule has 0 aliphatic rings. The third-order valence-corrected chi connectivity index (χ3v) is 4.85. The summed E-state index contributed by atoms with van der Waals surface area (Å²) in [6.07, 6.45) is 0. The zero-order chi connectivity index (χ0) is 24.2. The molecule has 0 atom stereocenters. The van der Waals surface area contributed by atoms with E-state index >= 15 is 0 Å². The number of halogens is 3. The summed E-state index contributed by atoms with van der Waals surface area (Å²) >= 11 is 0. The lowest BCUT2D eigenvalue weighted by molar-refractivity contribution is 0.0518. The van der Waals surface area contributed by atoms with Crippen LogP contribution in [0.25, 0.3) is 16.9 Å². The molecular formula is C25H18F3N3O3. The summed E-state index contributed by atoms with van der Waals surface area (Å²) in [4.78, 5) is 24.8. The van der Waals surface area contributed by atoms with Crippen LogP contribution >= 0.6 is 0 Å². The van der Waals surface area contributed by atoms with Crippen molar-refractivity contribution >= 4 is 17.6 Å². The first kappa shape index (κ1) is 22.8. The van der Waals surface area contributed by atoms with Crippen LogP contribution in [-0.2, 0) is 4.74 Å². The van der Waals surface area contributed by atoms with Crippen molar-refractivity contribution < 1.29 is 27.5 Å². The lowest BCUT2D eigenvalue weighted by atomic mass is 10.1. The SMILES string of the molecule is CCOC(=O)c1cc(-c2cccc(NC(=O)c3cc(F)ccc3F)c2)n(-c2ccc(F)cc2)n1. The van der Waals surface area contributed by atoms with E-state index in [0.717, 1.165) is 18.2 Å². The van der Waals surface area contributed by atoms with Crippen LogP contribution in [0.1, 0.15) is 27.8 Å². The van der Waals surface area contributed by atoms with Crippen molar-refractivity contribution in [3.8, 4) is 16.9 Å². The van der Waals surface area contributed by atoms with E-state index in [-0.39, 0.29) is 12.3 Å². The number of benzene rings is 3. The molecule has 9 heteroatoms. The molecule has 4 rings (SSSR count). The highest BCUT2D eigenvalue weighted by atomic mass is 19.1. The number of anilines is 1. The van der Waals surface area contributed by atoms with Crippen molar-refractivity contribution in [2.45, 2.75) is 6.92 Å². The van der Waals surface area contributed by atoms with Crippen LogP contribution in [0, 0.1) is 17.5 Å². The van der Waals surface area contributed by atoms with E-state index in [4.69, 9.17) is 4.74 Å². The van der Waals surface area contributed by atoms with Crippen molar-refractivity contribution in [3.63, 3.8) is 0 Å². The quantitative estimate of drug-likeness (QED) is 0.388. The van der Waals surface area contributed by atoms with Crippen LogP contribution in [0.3, 0.4) is 0 Å². The Balaban J connectivity index is 1.72. The van der Waals surface area contributed by atoms with E-state index in [0.29, 0.717) is 22.6 Å². The predicted molar refractivity (Wildman–Crippen MR) is 119 cm³/mol. The standard InChI is InChI=1S/C25H18F3N3O3/c1-2-34-25(33)22-14-23(31(30-22)19-9-6-16(26)7-10-19)15-4-3-5-18(12-15)29-24(32)20-13-17(27)8-11-21(20)28/h3-14H,2H2,1H3,(H,29,32). The van der Waals surface area contributed by atoms with E-state index in [1.165, 1.54) is 35.0 Å². The lowest BCUT2D eigenvalue weighted by Gasteiger charge is -2.10. The number of esters is 1. The van der Waals surface area contributed by atoms with Gasteiger partial charge < -0.3 is 10.1 Å². The molecule has 34 heavy (non-hydrogen) atoms. The molecule has 3 aromatic carbocycles. The zero-order valence-electron chi connectivity index (χ0n) is 17.9. The van der Waals surface area contributed by atoms with Crippen LogP contribution in [0.2, 0.25) is 0 Å². The highest BCUT2D eigenvalue weighted by Gasteiger charge is 2.19. The molecule has 0 saturated carbocycles. The third-order valence-electron chi connectivity index (χ3n) is 4.85. The zero-order valence-corrected chi connectivity index (χ0v) is 17.9. The molecule has 172 valence electrons. The Morgan fingerprint density at radius 1 is 0.941 bits per heavy atom. The number of hydrogen-bond donors (Lipinski definition) is 1. The number of rotatable bonds is 6. The maximum Gasteiger partial charge on any atom is 0.358 e. The van der Waals surface area contributed by atoms with E-state index in [1.807, 2.05) is 0 Å². The number of nitrogens with zero attached hydrogens (tertiary/aromatic N) is 2. The van der Waals surface area contributed by atoms with Gasteiger partial charge in [-0.25, -0.2) is 22.6 Å². The van der Waals surface area contributed by atoms with Crippen molar-refractivity contribution in [1.82, 2.24) is 9.78 Å². The largest absolute Gasteiger partial charge is 0.461 e. The number of hydrogen-bond acceptors (Lipinski definition) is 4. The Bertz CT molecular complexity index is 1370. The van der Waals surface area contributed by atoms with E-state index in [9.17, 15) is 22.8 Å². The summed E-state index contributed by atoms with van der Waals surface area (Å²) in [5.74, 6) is -3.49. The van der Waals surface area contributed by atoms with E-state index < -0.39 is 34.9 Å². The Morgan fingerprint density at radius 3 is 2.41 bits per heavy atom. The number of aromatic nitrogens is 2. The highest BCUT2D eigenvalue weighted by molar-refractivity contribution is 6.04. The van der Waals surface area contributed by atoms with E-state index in [2.05, 4.69) is 10.4 Å². The van der Waals surface area contributed by atoms with Crippen molar-refractivity contribution in [2.24, 2.45) is 0 Å². The minimum atomic E-state index is -0.858.